The number of primary amides is 1. The van der Waals surface area contributed by atoms with Crippen LogP contribution in [-0.4, -0.2) is 23.4 Å². The maximum atomic E-state index is 10.8. The Hall–Kier alpha value is -1.10. The lowest BCUT2D eigenvalue weighted by Gasteiger charge is -2.20. The van der Waals surface area contributed by atoms with E-state index in [1.165, 1.54) is 0 Å². The first-order chi connectivity index (χ1) is 5.11. The molecule has 0 aromatic heterocycles. The molecule has 1 atom stereocenters. The summed E-state index contributed by atoms with van der Waals surface area (Å²) in [6.07, 6.45) is 0.447. The van der Waals surface area contributed by atoms with Crippen molar-refractivity contribution >= 4 is 11.8 Å². The molecule has 0 bridgehead atoms. The molecule has 11 heavy (non-hydrogen) atoms. The maximum Gasteiger partial charge on any atom is 0.218 e. The monoisotopic (exact) mass is 157 g/mol. The second-order valence-corrected chi connectivity index (χ2v) is 2.60. The number of hydroxylamine groups is 2. The van der Waals surface area contributed by atoms with Gasteiger partial charge in [0.15, 0.2) is 0 Å². The smallest absolute Gasteiger partial charge is 0.218 e. The van der Waals surface area contributed by atoms with Crippen molar-refractivity contribution in [2.75, 3.05) is 6.54 Å². The Kier molecular flexibility index (Phi) is 2.09. The molecule has 62 valence electrons. The van der Waals surface area contributed by atoms with Gasteiger partial charge in [0.25, 0.3) is 0 Å². The molecule has 1 unspecified atom stereocenters. The molecular formula is C6H9N2O3-. The molecule has 0 aliphatic carbocycles. The van der Waals surface area contributed by atoms with E-state index in [-0.39, 0.29) is 13.0 Å². The lowest BCUT2D eigenvalue weighted by molar-refractivity contribution is -0.131. The number of nitrogens with two attached hydrogens (primary N) is 1. The van der Waals surface area contributed by atoms with Crippen molar-refractivity contribution in [3.05, 3.63) is 5.21 Å². The molecule has 2 amide bonds. The van der Waals surface area contributed by atoms with Crippen molar-refractivity contribution < 1.29 is 9.59 Å². The van der Waals surface area contributed by atoms with Crippen LogP contribution in [-0.2, 0) is 9.59 Å². The SMILES string of the molecule is NC(=O)CC1CCN([O-])C1=O. The number of nitrogens with zero attached hydrogens (tertiary/aromatic N) is 1. The predicted octanol–water partition coefficient (Wildman–Crippen LogP) is -0.792. The van der Waals surface area contributed by atoms with Crippen LogP contribution < -0.4 is 5.73 Å². The molecule has 1 fully saturated rings. The molecule has 0 spiro atoms. The zero-order valence-electron chi connectivity index (χ0n) is 5.95. The number of hydrogen-bond acceptors (Lipinski definition) is 3. The quantitative estimate of drug-likeness (QED) is 0.569. The minimum absolute atomic E-state index is 0.00241. The van der Waals surface area contributed by atoms with Gasteiger partial charge in [-0.05, 0) is 6.42 Å². The topological polar surface area (TPSA) is 86.5 Å². The van der Waals surface area contributed by atoms with E-state index >= 15 is 0 Å². The first-order valence-corrected chi connectivity index (χ1v) is 3.38. The van der Waals surface area contributed by atoms with E-state index in [2.05, 4.69) is 0 Å². The summed E-state index contributed by atoms with van der Waals surface area (Å²) in [7, 11) is 0. The van der Waals surface area contributed by atoms with Crippen LogP contribution in [0.15, 0.2) is 0 Å². The summed E-state index contributed by atoms with van der Waals surface area (Å²) in [5.74, 6) is -1.51. The summed E-state index contributed by atoms with van der Waals surface area (Å²) >= 11 is 0. The third-order valence-corrected chi connectivity index (χ3v) is 1.72. The van der Waals surface area contributed by atoms with Crippen molar-refractivity contribution in [2.24, 2.45) is 11.7 Å². The number of rotatable bonds is 2. The van der Waals surface area contributed by atoms with Crippen molar-refractivity contribution in [3.63, 3.8) is 0 Å². The van der Waals surface area contributed by atoms with E-state index in [4.69, 9.17) is 5.73 Å². The fourth-order valence-corrected chi connectivity index (χ4v) is 1.14. The minimum atomic E-state index is -0.529. The largest absolute Gasteiger partial charge is 0.756 e. The molecule has 5 heteroatoms. The van der Waals surface area contributed by atoms with Crippen LogP contribution in [0.1, 0.15) is 12.8 Å². The molecule has 5 nitrogen and oxygen atoms in total. The van der Waals surface area contributed by atoms with Gasteiger partial charge in [-0.1, -0.05) is 0 Å². The first-order valence-electron chi connectivity index (χ1n) is 3.38. The van der Waals surface area contributed by atoms with Gasteiger partial charge in [-0.15, -0.1) is 0 Å². The lowest BCUT2D eigenvalue weighted by Crippen LogP contribution is -2.24. The van der Waals surface area contributed by atoms with Gasteiger partial charge in [-0.25, -0.2) is 0 Å². The van der Waals surface area contributed by atoms with Gasteiger partial charge in [0.05, 0.1) is 0 Å². The highest BCUT2D eigenvalue weighted by atomic mass is 16.5. The van der Waals surface area contributed by atoms with Gasteiger partial charge in [-0.3, -0.25) is 9.59 Å². The number of amides is 2. The van der Waals surface area contributed by atoms with E-state index in [1.54, 1.807) is 0 Å². The lowest BCUT2D eigenvalue weighted by atomic mass is 10.0. The molecule has 0 aromatic carbocycles. The van der Waals surface area contributed by atoms with Gasteiger partial charge < -0.3 is 16.0 Å². The predicted molar refractivity (Wildman–Crippen MR) is 37.0 cm³/mol. The van der Waals surface area contributed by atoms with Crippen LogP contribution in [0.5, 0.6) is 0 Å². The Morgan fingerprint density at radius 3 is 2.82 bits per heavy atom. The van der Waals surface area contributed by atoms with Crippen molar-refractivity contribution in [2.45, 2.75) is 12.8 Å². The van der Waals surface area contributed by atoms with E-state index in [9.17, 15) is 14.8 Å². The van der Waals surface area contributed by atoms with Gasteiger partial charge >= 0.3 is 0 Å². The van der Waals surface area contributed by atoms with Crippen LogP contribution in [0.4, 0.5) is 0 Å². The van der Waals surface area contributed by atoms with Crippen LogP contribution in [0.25, 0.3) is 0 Å². The van der Waals surface area contributed by atoms with Crippen LogP contribution in [0.2, 0.25) is 0 Å². The molecule has 0 aromatic rings. The Morgan fingerprint density at radius 1 is 1.82 bits per heavy atom. The highest BCUT2D eigenvalue weighted by Gasteiger charge is 2.27. The molecule has 0 saturated carbocycles. The first kappa shape index (κ1) is 8.00. The highest BCUT2D eigenvalue weighted by molar-refractivity contribution is 5.86. The fourth-order valence-electron chi connectivity index (χ4n) is 1.14. The van der Waals surface area contributed by atoms with E-state index in [0.29, 0.717) is 11.5 Å². The molecule has 1 aliphatic rings. The Balaban J connectivity index is 2.49. The molecular weight excluding hydrogens is 148 g/mol. The van der Waals surface area contributed by atoms with Crippen molar-refractivity contribution in [3.8, 4) is 0 Å². The zero-order valence-corrected chi connectivity index (χ0v) is 5.95. The number of carbonyl (C=O) groups excluding carboxylic acids is 2. The Morgan fingerprint density at radius 2 is 2.45 bits per heavy atom. The van der Waals surface area contributed by atoms with Gasteiger partial charge in [-0.2, -0.15) is 0 Å². The molecule has 1 saturated heterocycles. The zero-order chi connectivity index (χ0) is 8.43. The third-order valence-electron chi connectivity index (χ3n) is 1.72. The molecule has 2 N–H and O–H groups in total. The van der Waals surface area contributed by atoms with Crippen LogP contribution in [0, 0.1) is 11.1 Å². The number of carbonyl (C=O) groups is 2. The normalized spacial score (nSPS) is 24.3. The van der Waals surface area contributed by atoms with E-state index < -0.39 is 17.7 Å². The van der Waals surface area contributed by atoms with E-state index in [1.807, 2.05) is 0 Å². The molecule has 1 heterocycles. The van der Waals surface area contributed by atoms with Crippen LogP contribution >= 0.6 is 0 Å². The van der Waals surface area contributed by atoms with Crippen molar-refractivity contribution in [1.82, 2.24) is 5.06 Å². The number of hydrogen-bond donors (Lipinski definition) is 1. The summed E-state index contributed by atoms with van der Waals surface area (Å²) in [6.45, 7) is 0.191. The van der Waals surface area contributed by atoms with Crippen LogP contribution in [0.3, 0.4) is 0 Å². The maximum absolute atomic E-state index is 10.8. The third kappa shape index (κ3) is 1.68. The highest BCUT2D eigenvalue weighted by Crippen LogP contribution is 2.19. The van der Waals surface area contributed by atoms with Crippen molar-refractivity contribution in [1.29, 1.82) is 0 Å². The average molecular weight is 157 g/mol. The second-order valence-electron chi connectivity index (χ2n) is 2.60. The Labute approximate surface area is 63.7 Å². The standard InChI is InChI=1S/C6H9N2O3/c7-5(9)3-4-1-2-8(11)6(4)10/h4H,1-3H2,(H2,7,9)/q-1. The Bertz CT molecular complexity index is 192. The fraction of sp³-hybridized carbons (Fsp3) is 0.667. The van der Waals surface area contributed by atoms with Gasteiger partial charge in [0, 0.05) is 18.9 Å². The summed E-state index contributed by atoms with van der Waals surface area (Å²) in [5.41, 5.74) is 4.87. The van der Waals surface area contributed by atoms with E-state index in [0.717, 1.165) is 0 Å². The average Bonchev–Trinajstić information content (AvgIpc) is 2.18. The minimum Gasteiger partial charge on any atom is -0.756 e. The van der Waals surface area contributed by atoms with Gasteiger partial charge in [0.2, 0.25) is 11.8 Å². The summed E-state index contributed by atoms with van der Waals surface area (Å²) < 4.78 is 0. The summed E-state index contributed by atoms with van der Waals surface area (Å²) in [5, 5.41) is 11.0. The van der Waals surface area contributed by atoms with Gasteiger partial charge in [0.1, 0.15) is 0 Å². The summed E-state index contributed by atoms with van der Waals surface area (Å²) in [6, 6.07) is 0. The molecule has 1 rings (SSSR count). The second kappa shape index (κ2) is 2.87. The molecule has 0 radical (unpaired) electrons. The molecule has 1 aliphatic heterocycles. The summed E-state index contributed by atoms with van der Waals surface area (Å²) in [4.78, 5) is 21.2.